The molecule has 0 saturated carbocycles. The van der Waals surface area contributed by atoms with Gasteiger partial charge in [0.05, 0.1) is 22.7 Å². The summed E-state index contributed by atoms with van der Waals surface area (Å²) in [4.78, 5) is 28.9. The zero-order chi connectivity index (χ0) is 22.0. The average Bonchev–Trinajstić information content (AvgIpc) is 3.15. The molecule has 4 rings (SSSR count). The van der Waals surface area contributed by atoms with Crippen molar-refractivity contribution in [3.05, 3.63) is 77.9 Å². The molecule has 0 aliphatic carbocycles. The predicted octanol–water partition coefficient (Wildman–Crippen LogP) is 5.17. The van der Waals surface area contributed by atoms with Gasteiger partial charge in [-0.3, -0.25) is 4.79 Å². The van der Waals surface area contributed by atoms with Crippen LogP contribution in [0.1, 0.15) is 36.2 Å². The van der Waals surface area contributed by atoms with Gasteiger partial charge >= 0.3 is 5.97 Å². The van der Waals surface area contributed by atoms with E-state index >= 15 is 0 Å². The first kappa shape index (κ1) is 20.0. The molecule has 0 bridgehead atoms. The predicted molar refractivity (Wildman–Crippen MR) is 119 cm³/mol. The molecule has 3 aromatic carbocycles. The largest absolute Gasteiger partial charge is 0.334 e. The second-order valence-corrected chi connectivity index (χ2v) is 7.07. The van der Waals surface area contributed by atoms with Gasteiger partial charge in [0, 0.05) is 28.4 Å². The van der Waals surface area contributed by atoms with Crippen LogP contribution in [0.2, 0.25) is 0 Å². The molecule has 0 saturated heterocycles. The Kier molecular flexibility index (Phi) is 5.33. The number of hydrogen-bond donors (Lipinski definition) is 0. The number of para-hydroxylation sites is 1. The number of carbonyl (C=O) groups excluding carboxylic acids is 2. The lowest BCUT2D eigenvalue weighted by Crippen LogP contribution is -2.12. The topological polar surface area (TPSA) is 84.4 Å². The summed E-state index contributed by atoms with van der Waals surface area (Å²) >= 11 is 0. The number of nitrogens with zero attached hydrogens (tertiary/aromatic N) is 3. The van der Waals surface area contributed by atoms with Crippen molar-refractivity contribution in [1.82, 2.24) is 4.57 Å². The van der Waals surface area contributed by atoms with Crippen molar-refractivity contribution in [2.24, 2.45) is 5.16 Å². The van der Waals surface area contributed by atoms with Crippen molar-refractivity contribution in [3.63, 3.8) is 0 Å². The molecule has 0 amide bonds. The highest BCUT2D eigenvalue weighted by atomic mass is 16.7. The SMILES string of the molecule is CCC(=O)ON=C(C)C(=O)c1ccc2c(c1)c1ccccc1n2-c1ccc(C#N)cc1. The van der Waals surface area contributed by atoms with E-state index in [1.165, 1.54) is 6.92 Å². The average molecular weight is 409 g/mol. The number of aromatic nitrogens is 1. The Morgan fingerprint density at radius 3 is 2.42 bits per heavy atom. The Hall–Kier alpha value is -4.24. The van der Waals surface area contributed by atoms with Gasteiger partial charge in [-0.15, -0.1) is 0 Å². The van der Waals surface area contributed by atoms with Crippen LogP contribution in [0.25, 0.3) is 27.5 Å². The minimum absolute atomic E-state index is 0.108. The number of hydrogen-bond acceptors (Lipinski definition) is 5. The summed E-state index contributed by atoms with van der Waals surface area (Å²) in [5, 5.41) is 14.7. The molecule has 0 N–H and O–H groups in total. The summed E-state index contributed by atoms with van der Waals surface area (Å²) in [6.45, 7) is 3.18. The molecule has 0 aliphatic rings. The molecule has 0 aliphatic heterocycles. The highest BCUT2D eigenvalue weighted by Crippen LogP contribution is 2.32. The molecule has 0 radical (unpaired) electrons. The third-order valence-electron chi connectivity index (χ3n) is 5.09. The van der Waals surface area contributed by atoms with Crippen molar-refractivity contribution in [2.45, 2.75) is 20.3 Å². The number of rotatable bonds is 5. The molecule has 4 aromatic rings. The lowest BCUT2D eigenvalue weighted by molar-refractivity contribution is -0.143. The maximum absolute atomic E-state index is 12.8. The van der Waals surface area contributed by atoms with Gasteiger partial charge in [-0.05, 0) is 55.5 Å². The Balaban J connectivity index is 1.84. The molecule has 0 atom stereocenters. The quantitative estimate of drug-likeness (QED) is 0.197. The molecule has 0 spiro atoms. The first-order chi connectivity index (χ1) is 15.0. The van der Waals surface area contributed by atoms with Gasteiger partial charge in [-0.25, -0.2) is 4.79 Å². The van der Waals surface area contributed by atoms with Crippen LogP contribution in [0, 0.1) is 11.3 Å². The molecular formula is C25H19N3O3. The van der Waals surface area contributed by atoms with Crippen molar-refractivity contribution in [2.75, 3.05) is 0 Å². The van der Waals surface area contributed by atoms with E-state index in [0.29, 0.717) is 11.1 Å². The fourth-order valence-corrected chi connectivity index (χ4v) is 3.51. The number of nitriles is 1. The number of oxime groups is 1. The highest BCUT2D eigenvalue weighted by molar-refractivity contribution is 6.45. The lowest BCUT2D eigenvalue weighted by Gasteiger charge is -2.08. The summed E-state index contributed by atoms with van der Waals surface area (Å²) in [7, 11) is 0. The first-order valence-electron chi connectivity index (χ1n) is 9.86. The Morgan fingerprint density at radius 2 is 1.71 bits per heavy atom. The first-order valence-corrected chi connectivity index (χ1v) is 9.86. The molecule has 6 heteroatoms. The fourth-order valence-electron chi connectivity index (χ4n) is 3.51. The van der Waals surface area contributed by atoms with Crippen LogP contribution in [-0.2, 0) is 9.63 Å². The van der Waals surface area contributed by atoms with Crippen LogP contribution in [0.15, 0.2) is 71.9 Å². The van der Waals surface area contributed by atoms with Crippen molar-refractivity contribution in [1.29, 1.82) is 5.26 Å². The van der Waals surface area contributed by atoms with E-state index in [0.717, 1.165) is 27.5 Å². The van der Waals surface area contributed by atoms with Crippen LogP contribution in [0.4, 0.5) is 0 Å². The molecule has 0 fully saturated rings. The zero-order valence-electron chi connectivity index (χ0n) is 17.1. The van der Waals surface area contributed by atoms with Crippen molar-refractivity contribution in [3.8, 4) is 11.8 Å². The second-order valence-electron chi connectivity index (χ2n) is 7.07. The summed E-state index contributed by atoms with van der Waals surface area (Å²) in [6, 6.07) is 22.9. The van der Waals surface area contributed by atoms with Gasteiger partial charge in [-0.1, -0.05) is 30.3 Å². The van der Waals surface area contributed by atoms with Gasteiger partial charge in [-0.2, -0.15) is 5.26 Å². The summed E-state index contributed by atoms with van der Waals surface area (Å²) in [5.74, 6) is -0.797. The highest BCUT2D eigenvalue weighted by Gasteiger charge is 2.16. The van der Waals surface area contributed by atoms with E-state index in [9.17, 15) is 9.59 Å². The lowest BCUT2D eigenvalue weighted by atomic mass is 10.0. The van der Waals surface area contributed by atoms with Gasteiger partial charge in [0.2, 0.25) is 5.78 Å². The Bertz CT molecular complexity index is 1390. The summed E-state index contributed by atoms with van der Waals surface area (Å²) in [5.41, 5.74) is 4.02. The Labute approximate surface area is 179 Å². The molecule has 1 heterocycles. The van der Waals surface area contributed by atoms with Gasteiger partial charge in [0.25, 0.3) is 0 Å². The minimum atomic E-state index is -0.493. The molecule has 152 valence electrons. The third kappa shape index (κ3) is 3.69. The van der Waals surface area contributed by atoms with Crippen LogP contribution in [0.5, 0.6) is 0 Å². The van der Waals surface area contributed by atoms with E-state index in [1.54, 1.807) is 25.1 Å². The van der Waals surface area contributed by atoms with Crippen molar-refractivity contribution >= 4 is 39.3 Å². The molecular weight excluding hydrogens is 390 g/mol. The normalized spacial score (nSPS) is 11.5. The van der Waals surface area contributed by atoms with Gasteiger partial charge in [0.15, 0.2) is 0 Å². The fraction of sp³-hybridized carbons (Fsp3) is 0.120. The summed E-state index contributed by atoms with van der Waals surface area (Å²) < 4.78 is 2.10. The molecule has 31 heavy (non-hydrogen) atoms. The number of fused-ring (bicyclic) bond motifs is 3. The second kappa shape index (κ2) is 8.25. The molecule has 1 aromatic heterocycles. The summed E-state index contributed by atoms with van der Waals surface area (Å²) in [6.07, 6.45) is 0.186. The van der Waals surface area contributed by atoms with Crippen molar-refractivity contribution < 1.29 is 14.4 Å². The van der Waals surface area contributed by atoms with Crippen LogP contribution in [0.3, 0.4) is 0 Å². The van der Waals surface area contributed by atoms with Crippen LogP contribution >= 0.6 is 0 Å². The molecule has 0 unspecified atom stereocenters. The van der Waals surface area contributed by atoms with Crippen LogP contribution in [-0.4, -0.2) is 22.0 Å². The number of ketones is 1. The van der Waals surface area contributed by atoms with E-state index in [2.05, 4.69) is 15.8 Å². The monoisotopic (exact) mass is 409 g/mol. The van der Waals surface area contributed by atoms with E-state index in [1.807, 2.05) is 48.5 Å². The number of carbonyl (C=O) groups is 2. The Morgan fingerprint density at radius 1 is 1.00 bits per heavy atom. The smallest absolute Gasteiger partial charge is 0.318 e. The van der Waals surface area contributed by atoms with E-state index < -0.39 is 5.97 Å². The maximum Gasteiger partial charge on any atom is 0.334 e. The van der Waals surface area contributed by atoms with Gasteiger partial charge in [0.1, 0.15) is 5.71 Å². The maximum atomic E-state index is 12.8. The van der Waals surface area contributed by atoms with Gasteiger partial charge < -0.3 is 9.40 Å². The third-order valence-corrected chi connectivity index (χ3v) is 5.09. The number of Topliss-reactive ketones (excluding diaryl/α,β-unsaturated/α-hetero) is 1. The minimum Gasteiger partial charge on any atom is -0.318 e. The standard InChI is InChI=1S/C25H19N3O3/c1-3-24(29)31-27-16(2)25(30)18-10-13-23-21(14-18)20-6-4-5-7-22(20)28(23)19-11-8-17(15-26)9-12-19/h4-14H,3H2,1-2H3. The van der Waals surface area contributed by atoms with E-state index in [-0.39, 0.29) is 17.9 Å². The van der Waals surface area contributed by atoms with Crippen LogP contribution < -0.4 is 0 Å². The molecule has 6 nitrogen and oxygen atoms in total. The zero-order valence-corrected chi connectivity index (χ0v) is 17.1. The number of benzene rings is 3. The van der Waals surface area contributed by atoms with E-state index in [4.69, 9.17) is 10.1 Å².